The van der Waals surface area contributed by atoms with Gasteiger partial charge in [-0.2, -0.15) is 0 Å². The van der Waals surface area contributed by atoms with Crippen LogP contribution in [0, 0.1) is 6.92 Å². The van der Waals surface area contributed by atoms with E-state index in [0.717, 1.165) is 63.6 Å². The third-order valence-corrected chi connectivity index (χ3v) is 4.90. The van der Waals surface area contributed by atoms with Crippen LogP contribution in [0.1, 0.15) is 50.5 Å². The Balaban J connectivity index is 1.54. The Labute approximate surface area is 139 Å². The monoisotopic (exact) mass is 318 g/mol. The van der Waals surface area contributed by atoms with Gasteiger partial charge in [0.05, 0.1) is 0 Å². The van der Waals surface area contributed by atoms with Gasteiger partial charge >= 0.3 is 0 Å². The maximum Gasteiger partial charge on any atom is 0.132 e. The van der Waals surface area contributed by atoms with Crippen molar-refractivity contribution in [3.8, 4) is 0 Å². The quantitative estimate of drug-likeness (QED) is 0.904. The largest absolute Gasteiger partial charge is 0.381 e. The normalized spacial score (nSPS) is 20.9. The number of nitrogens with zero attached hydrogens (tertiary/aromatic N) is 3. The molecule has 0 spiro atoms. The van der Waals surface area contributed by atoms with Gasteiger partial charge in [0, 0.05) is 50.1 Å². The summed E-state index contributed by atoms with van der Waals surface area (Å²) < 4.78 is 5.44. The van der Waals surface area contributed by atoms with Crippen LogP contribution >= 0.6 is 0 Å². The molecule has 2 aliphatic heterocycles. The summed E-state index contributed by atoms with van der Waals surface area (Å²) in [5.74, 6) is 2.01. The minimum absolute atomic E-state index is 0.646. The van der Waals surface area contributed by atoms with Crippen molar-refractivity contribution in [2.75, 3.05) is 31.2 Å². The Bertz CT molecular complexity index is 494. The molecule has 0 saturated carbocycles. The lowest BCUT2D eigenvalue weighted by Crippen LogP contribution is -2.48. The second-order valence-electron chi connectivity index (χ2n) is 6.83. The number of anilines is 1. The van der Waals surface area contributed by atoms with Crippen molar-refractivity contribution in [3.63, 3.8) is 0 Å². The van der Waals surface area contributed by atoms with E-state index in [-0.39, 0.29) is 0 Å². The second kappa shape index (κ2) is 8.06. The van der Waals surface area contributed by atoms with Crippen molar-refractivity contribution in [2.45, 2.75) is 64.5 Å². The molecule has 0 bridgehead atoms. The molecule has 1 N–H and O–H groups in total. The van der Waals surface area contributed by atoms with Crippen LogP contribution in [-0.4, -0.2) is 48.4 Å². The fourth-order valence-electron chi connectivity index (χ4n) is 3.63. The number of hydrogen-bond donors (Lipinski definition) is 1. The maximum absolute atomic E-state index is 5.44. The molecule has 1 aromatic rings. The first-order valence-electron chi connectivity index (χ1n) is 9.18. The van der Waals surface area contributed by atoms with Crippen molar-refractivity contribution >= 4 is 5.82 Å². The van der Waals surface area contributed by atoms with E-state index in [1.54, 1.807) is 0 Å². The van der Waals surface area contributed by atoms with E-state index in [2.05, 4.69) is 33.2 Å². The van der Waals surface area contributed by atoms with Crippen molar-refractivity contribution in [1.29, 1.82) is 0 Å². The van der Waals surface area contributed by atoms with Crippen LogP contribution < -0.4 is 10.2 Å². The molecule has 1 aromatic heterocycles. The zero-order valence-electron chi connectivity index (χ0n) is 14.6. The summed E-state index contributed by atoms with van der Waals surface area (Å²) in [6.07, 6.45) is 6.88. The number of nitrogens with one attached hydrogen (secondary N) is 1. The van der Waals surface area contributed by atoms with Crippen molar-refractivity contribution < 1.29 is 4.74 Å². The Morgan fingerprint density at radius 3 is 2.52 bits per heavy atom. The van der Waals surface area contributed by atoms with E-state index >= 15 is 0 Å². The number of aromatic nitrogens is 2. The summed E-state index contributed by atoms with van der Waals surface area (Å²) in [5.41, 5.74) is 1.18. The van der Waals surface area contributed by atoms with Crippen molar-refractivity contribution in [1.82, 2.24) is 15.3 Å². The molecular weight excluding hydrogens is 288 g/mol. The molecule has 0 aliphatic carbocycles. The predicted octanol–water partition coefficient (Wildman–Crippen LogP) is 2.47. The smallest absolute Gasteiger partial charge is 0.132 e. The lowest BCUT2D eigenvalue weighted by atomic mass is 10.0. The summed E-state index contributed by atoms with van der Waals surface area (Å²) in [6.45, 7) is 8.20. The summed E-state index contributed by atoms with van der Waals surface area (Å²) in [5, 5.41) is 3.83. The number of rotatable bonds is 5. The van der Waals surface area contributed by atoms with Gasteiger partial charge in [-0.15, -0.1) is 0 Å². The van der Waals surface area contributed by atoms with Gasteiger partial charge in [0.25, 0.3) is 0 Å². The van der Waals surface area contributed by atoms with Crippen LogP contribution in [0.2, 0.25) is 0 Å². The zero-order valence-corrected chi connectivity index (χ0v) is 14.6. The molecule has 128 valence electrons. The maximum atomic E-state index is 5.44. The molecule has 2 fully saturated rings. The molecule has 0 atom stereocenters. The average Bonchev–Trinajstić information content (AvgIpc) is 2.56. The number of piperidine rings is 1. The van der Waals surface area contributed by atoms with Crippen molar-refractivity contribution in [3.05, 3.63) is 17.6 Å². The Hall–Kier alpha value is -1.20. The zero-order chi connectivity index (χ0) is 16.1. The summed E-state index contributed by atoms with van der Waals surface area (Å²) in [6, 6.07) is 3.48. The predicted molar refractivity (Wildman–Crippen MR) is 93.0 cm³/mol. The van der Waals surface area contributed by atoms with Crippen LogP contribution in [0.4, 0.5) is 5.82 Å². The van der Waals surface area contributed by atoms with E-state index in [9.17, 15) is 0 Å². The standard InChI is InChI=1S/C18H30N4O/c1-3-4-17-13-18(20-14(2)19-17)22-9-5-15(6-10-22)21-16-7-11-23-12-8-16/h13,15-16,21H,3-12H2,1-2H3. The van der Waals surface area contributed by atoms with Crippen LogP contribution in [0.15, 0.2) is 6.07 Å². The molecule has 0 aromatic carbocycles. The third-order valence-electron chi connectivity index (χ3n) is 4.90. The first kappa shape index (κ1) is 16.7. The average molecular weight is 318 g/mol. The minimum atomic E-state index is 0.646. The molecule has 3 heterocycles. The van der Waals surface area contributed by atoms with Gasteiger partial charge in [-0.25, -0.2) is 9.97 Å². The summed E-state index contributed by atoms with van der Waals surface area (Å²) in [7, 11) is 0. The van der Waals surface area contributed by atoms with Crippen LogP contribution in [-0.2, 0) is 11.2 Å². The second-order valence-corrected chi connectivity index (χ2v) is 6.83. The van der Waals surface area contributed by atoms with E-state index in [0.29, 0.717) is 12.1 Å². The number of aryl methyl sites for hydroxylation is 2. The van der Waals surface area contributed by atoms with E-state index < -0.39 is 0 Å². The summed E-state index contributed by atoms with van der Waals surface area (Å²) in [4.78, 5) is 11.6. The van der Waals surface area contributed by atoms with Gasteiger partial charge in [-0.05, 0) is 39.0 Å². The van der Waals surface area contributed by atoms with Gasteiger partial charge < -0.3 is 15.0 Å². The Morgan fingerprint density at radius 2 is 1.83 bits per heavy atom. The van der Waals surface area contributed by atoms with Crippen LogP contribution in [0.3, 0.4) is 0 Å². The van der Waals surface area contributed by atoms with Gasteiger partial charge in [0.2, 0.25) is 0 Å². The fourth-order valence-corrected chi connectivity index (χ4v) is 3.63. The first-order valence-corrected chi connectivity index (χ1v) is 9.18. The van der Waals surface area contributed by atoms with Gasteiger partial charge in [0.15, 0.2) is 0 Å². The molecule has 0 amide bonds. The molecule has 2 saturated heterocycles. The topological polar surface area (TPSA) is 50.3 Å². The highest BCUT2D eigenvalue weighted by Gasteiger charge is 2.23. The molecule has 0 unspecified atom stereocenters. The van der Waals surface area contributed by atoms with E-state index in [1.807, 2.05) is 6.92 Å². The number of ether oxygens (including phenoxy) is 1. The van der Waals surface area contributed by atoms with Crippen LogP contribution in [0.5, 0.6) is 0 Å². The van der Waals surface area contributed by atoms with Gasteiger partial charge in [-0.3, -0.25) is 0 Å². The van der Waals surface area contributed by atoms with E-state index in [4.69, 9.17) is 4.74 Å². The lowest BCUT2D eigenvalue weighted by molar-refractivity contribution is 0.0738. The molecule has 5 nitrogen and oxygen atoms in total. The molecule has 2 aliphatic rings. The Kier molecular flexibility index (Phi) is 5.84. The van der Waals surface area contributed by atoms with Gasteiger partial charge in [0.1, 0.15) is 11.6 Å². The molecule has 0 radical (unpaired) electrons. The van der Waals surface area contributed by atoms with Gasteiger partial charge in [-0.1, -0.05) is 13.3 Å². The highest BCUT2D eigenvalue weighted by atomic mass is 16.5. The minimum Gasteiger partial charge on any atom is -0.381 e. The fraction of sp³-hybridized carbons (Fsp3) is 0.778. The highest BCUT2D eigenvalue weighted by Crippen LogP contribution is 2.20. The van der Waals surface area contributed by atoms with Crippen LogP contribution in [0.25, 0.3) is 0 Å². The molecule has 23 heavy (non-hydrogen) atoms. The lowest BCUT2D eigenvalue weighted by Gasteiger charge is -2.36. The first-order chi connectivity index (χ1) is 11.2. The summed E-state index contributed by atoms with van der Waals surface area (Å²) >= 11 is 0. The third kappa shape index (κ3) is 4.64. The van der Waals surface area contributed by atoms with Crippen molar-refractivity contribution in [2.24, 2.45) is 0 Å². The Morgan fingerprint density at radius 1 is 1.13 bits per heavy atom. The molecular formula is C18H30N4O. The highest BCUT2D eigenvalue weighted by molar-refractivity contribution is 5.40. The molecule has 5 heteroatoms. The van der Waals surface area contributed by atoms with E-state index in [1.165, 1.54) is 18.5 Å². The SMILES string of the molecule is CCCc1cc(N2CCC(NC3CCOCC3)CC2)nc(C)n1. The molecule has 3 rings (SSSR count). The number of hydrogen-bond acceptors (Lipinski definition) is 5.